The average molecular weight is 254 g/mol. The molecule has 0 unspecified atom stereocenters. The Balaban J connectivity index is 3.28. The van der Waals surface area contributed by atoms with E-state index in [4.69, 9.17) is 5.26 Å². The van der Waals surface area contributed by atoms with Crippen molar-refractivity contribution >= 4 is 5.69 Å². The number of nitro groups is 1. The Hall–Kier alpha value is -2.54. The molecular weight excluding hydrogens is 249 g/mol. The quantitative estimate of drug-likeness (QED) is 0.439. The highest BCUT2D eigenvalue weighted by Crippen LogP contribution is 2.32. The molecule has 7 heteroatoms. The topological polar surface area (TPSA) is 66.9 Å². The van der Waals surface area contributed by atoms with Gasteiger partial charge in [0.1, 0.15) is 5.56 Å². The van der Waals surface area contributed by atoms with E-state index in [9.17, 15) is 23.3 Å². The summed E-state index contributed by atoms with van der Waals surface area (Å²) >= 11 is 0. The van der Waals surface area contributed by atoms with Gasteiger partial charge in [0.2, 0.25) is 0 Å². The molecule has 0 aliphatic heterocycles. The van der Waals surface area contributed by atoms with E-state index in [2.05, 4.69) is 11.8 Å². The maximum Gasteiger partial charge on any atom is 0.416 e. The van der Waals surface area contributed by atoms with E-state index in [1.165, 1.54) is 0 Å². The van der Waals surface area contributed by atoms with Gasteiger partial charge in [-0.2, -0.15) is 18.4 Å². The van der Waals surface area contributed by atoms with Gasteiger partial charge < -0.3 is 0 Å². The zero-order valence-corrected chi connectivity index (χ0v) is 8.78. The Morgan fingerprint density at radius 2 is 2.06 bits per heavy atom. The first-order valence-corrected chi connectivity index (χ1v) is 4.57. The monoisotopic (exact) mass is 254 g/mol. The molecule has 0 aromatic heterocycles. The van der Waals surface area contributed by atoms with Gasteiger partial charge in [-0.05, 0) is 12.1 Å². The maximum absolute atomic E-state index is 12.4. The number of nitro benzene ring substituents is 1. The molecule has 0 aliphatic rings. The lowest BCUT2D eigenvalue weighted by atomic mass is 10.1. The molecule has 0 saturated heterocycles. The van der Waals surface area contributed by atoms with E-state index in [0.717, 1.165) is 6.07 Å². The van der Waals surface area contributed by atoms with Gasteiger partial charge >= 0.3 is 6.18 Å². The number of hydrogen-bond acceptors (Lipinski definition) is 3. The third-order valence-electron chi connectivity index (χ3n) is 1.91. The third-order valence-corrected chi connectivity index (χ3v) is 1.91. The van der Waals surface area contributed by atoms with Crippen molar-refractivity contribution in [3.05, 3.63) is 39.4 Å². The zero-order chi connectivity index (χ0) is 13.8. The van der Waals surface area contributed by atoms with Crippen molar-refractivity contribution in [2.45, 2.75) is 12.6 Å². The SMILES string of the molecule is N#CCC#Cc1ccc(C(F)(F)F)cc1[N+](=O)[O-]. The number of alkyl halides is 3. The Morgan fingerprint density at radius 1 is 1.39 bits per heavy atom. The van der Waals surface area contributed by atoms with Crippen LogP contribution in [0.4, 0.5) is 18.9 Å². The summed E-state index contributed by atoms with van der Waals surface area (Å²) in [5.41, 5.74) is -1.99. The molecular formula is C11H5F3N2O2. The molecule has 1 aromatic carbocycles. The number of benzene rings is 1. The van der Waals surface area contributed by atoms with Crippen molar-refractivity contribution in [3.63, 3.8) is 0 Å². The molecule has 0 spiro atoms. The highest BCUT2D eigenvalue weighted by Gasteiger charge is 2.32. The van der Waals surface area contributed by atoms with Crippen molar-refractivity contribution in [3.8, 4) is 17.9 Å². The fraction of sp³-hybridized carbons (Fsp3) is 0.182. The maximum atomic E-state index is 12.4. The number of nitrogens with zero attached hydrogens (tertiary/aromatic N) is 2. The van der Waals surface area contributed by atoms with Crippen molar-refractivity contribution in [2.75, 3.05) is 0 Å². The van der Waals surface area contributed by atoms with E-state index in [0.29, 0.717) is 12.1 Å². The van der Waals surface area contributed by atoms with Crippen LogP contribution < -0.4 is 0 Å². The van der Waals surface area contributed by atoms with Gasteiger partial charge in [0, 0.05) is 6.07 Å². The number of nitriles is 1. The summed E-state index contributed by atoms with van der Waals surface area (Å²) in [6, 6.07) is 3.76. The second-order valence-electron chi connectivity index (χ2n) is 3.12. The van der Waals surface area contributed by atoms with Gasteiger partial charge in [0.15, 0.2) is 0 Å². The Bertz CT molecular complexity index is 577. The molecule has 0 radical (unpaired) electrons. The van der Waals surface area contributed by atoms with Crippen LogP contribution in [0.5, 0.6) is 0 Å². The van der Waals surface area contributed by atoms with Crippen molar-refractivity contribution in [2.24, 2.45) is 0 Å². The standard InChI is InChI=1S/C11H5F3N2O2/c12-11(13,14)9-5-4-8(3-1-2-6-15)10(7-9)16(17)18/h4-5,7H,2H2. The molecule has 0 N–H and O–H groups in total. The number of hydrogen-bond donors (Lipinski definition) is 0. The first kappa shape index (κ1) is 13.5. The summed E-state index contributed by atoms with van der Waals surface area (Å²) in [4.78, 5) is 9.70. The number of halogens is 3. The third kappa shape index (κ3) is 3.22. The summed E-state index contributed by atoms with van der Waals surface area (Å²) in [5, 5.41) is 18.9. The fourth-order valence-electron chi connectivity index (χ4n) is 1.14. The molecule has 0 atom stereocenters. The minimum absolute atomic E-state index is 0.150. The van der Waals surface area contributed by atoms with Crippen LogP contribution in [0.25, 0.3) is 0 Å². The molecule has 0 bridgehead atoms. The molecule has 1 rings (SSSR count). The van der Waals surface area contributed by atoms with Crippen LogP contribution in [-0.2, 0) is 6.18 Å². The number of rotatable bonds is 1. The van der Waals surface area contributed by atoms with Crippen LogP contribution in [0, 0.1) is 33.3 Å². The first-order chi connectivity index (χ1) is 8.36. The van der Waals surface area contributed by atoms with E-state index in [-0.39, 0.29) is 12.0 Å². The van der Waals surface area contributed by atoms with Gasteiger partial charge in [-0.1, -0.05) is 11.8 Å². The van der Waals surface area contributed by atoms with Crippen LogP contribution in [0.15, 0.2) is 18.2 Å². The Morgan fingerprint density at radius 3 is 2.56 bits per heavy atom. The highest BCUT2D eigenvalue weighted by molar-refractivity contribution is 5.53. The van der Waals surface area contributed by atoms with E-state index >= 15 is 0 Å². The smallest absolute Gasteiger partial charge is 0.258 e. The van der Waals surface area contributed by atoms with Crippen LogP contribution in [0.1, 0.15) is 17.5 Å². The van der Waals surface area contributed by atoms with Gasteiger partial charge in [0.25, 0.3) is 5.69 Å². The fourth-order valence-corrected chi connectivity index (χ4v) is 1.14. The second kappa shape index (κ2) is 5.19. The summed E-state index contributed by atoms with van der Waals surface area (Å²) in [5.74, 6) is 4.60. The zero-order valence-electron chi connectivity index (χ0n) is 8.78. The van der Waals surface area contributed by atoms with Crippen molar-refractivity contribution < 1.29 is 18.1 Å². The predicted molar refractivity (Wildman–Crippen MR) is 55.2 cm³/mol. The molecule has 0 saturated carbocycles. The van der Waals surface area contributed by atoms with Crippen molar-refractivity contribution in [1.82, 2.24) is 0 Å². The summed E-state index contributed by atoms with van der Waals surface area (Å²) < 4.78 is 37.1. The average Bonchev–Trinajstić information content (AvgIpc) is 2.28. The van der Waals surface area contributed by atoms with Gasteiger partial charge in [0.05, 0.1) is 23.0 Å². The van der Waals surface area contributed by atoms with Gasteiger partial charge in [-0.3, -0.25) is 10.1 Å². The summed E-state index contributed by atoms with van der Waals surface area (Å²) in [6.07, 6.45) is -4.80. The lowest BCUT2D eigenvalue weighted by molar-refractivity contribution is -0.385. The largest absolute Gasteiger partial charge is 0.416 e. The van der Waals surface area contributed by atoms with Crippen LogP contribution in [-0.4, -0.2) is 4.92 Å². The molecule has 0 aliphatic carbocycles. The van der Waals surface area contributed by atoms with E-state index in [1.807, 2.05) is 0 Å². The minimum Gasteiger partial charge on any atom is -0.258 e. The summed E-state index contributed by atoms with van der Waals surface area (Å²) in [6.45, 7) is 0. The lowest BCUT2D eigenvalue weighted by Gasteiger charge is -2.06. The Labute approximate surface area is 99.8 Å². The molecule has 18 heavy (non-hydrogen) atoms. The van der Waals surface area contributed by atoms with Crippen LogP contribution in [0.2, 0.25) is 0 Å². The predicted octanol–water partition coefficient (Wildman–Crippen LogP) is 2.88. The molecule has 0 heterocycles. The molecule has 1 aromatic rings. The van der Waals surface area contributed by atoms with Crippen LogP contribution >= 0.6 is 0 Å². The minimum atomic E-state index is -4.65. The van der Waals surface area contributed by atoms with E-state index in [1.54, 1.807) is 6.07 Å². The summed E-state index contributed by atoms with van der Waals surface area (Å²) in [7, 11) is 0. The van der Waals surface area contributed by atoms with Gasteiger partial charge in [-0.25, -0.2) is 0 Å². The normalized spacial score (nSPS) is 10.1. The molecule has 92 valence electrons. The van der Waals surface area contributed by atoms with Crippen LogP contribution in [0.3, 0.4) is 0 Å². The molecule has 0 amide bonds. The highest BCUT2D eigenvalue weighted by atomic mass is 19.4. The second-order valence-corrected chi connectivity index (χ2v) is 3.12. The molecule has 0 fully saturated rings. The lowest BCUT2D eigenvalue weighted by Crippen LogP contribution is -2.06. The van der Waals surface area contributed by atoms with E-state index < -0.39 is 22.4 Å². The Kier molecular flexibility index (Phi) is 3.90. The molecule has 4 nitrogen and oxygen atoms in total. The van der Waals surface area contributed by atoms with Gasteiger partial charge in [-0.15, -0.1) is 0 Å². The first-order valence-electron chi connectivity index (χ1n) is 4.57. The van der Waals surface area contributed by atoms with Crippen molar-refractivity contribution in [1.29, 1.82) is 5.26 Å².